The number of aliphatic hydroxyl groups is 1. The minimum atomic E-state index is -0.686. The van der Waals surface area contributed by atoms with E-state index in [1.54, 1.807) is 0 Å². The maximum atomic E-state index is 13.6. The fourth-order valence-electron chi connectivity index (χ4n) is 4.81. The van der Waals surface area contributed by atoms with E-state index in [4.69, 9.17) is 4.74 Å². The summed E-state index contributed by atoms with van der Waals surface area (Å²) in [7, 11) is 0. The van der Waals surface area contributed by atoms with Gasteiger partial charge in [0.15, 0.2) is 0 Å². The molecule has 4 heteroatoms. The van der Waals surface area contributed by atoms with Crippen LogP contribution in [-0.2, 0) is 4.74 Å². The van der Waals surface area contributed by atoms with Crippen molar-refractivity contribution in [1.82, 2.24) is 4.90 Å². The number of halogens is 1. The Kier molecular flexibility index (Phi) is 6.72. The molecule has 0 radical (unpaired) electrons. The molecule has 0 bridgehead atoms. The number of likely N-dealkylation sites (tertiary alicyclic amines) is 1. The van der Waals surface area contributed by atoms with Crippen molar-refractivity contribution in [3.8, 4) is 0 Å². The van der Waals surface area contributed by atoms with Gasteiger partial charge >= 0.3 is 0 Å². The fourth-order valence-corrected chi connectivity index (χ4v) is 4.81. The highest BCUT2D eigenvalue weighted by atomic mass is 19.1. The predicted molar refractivity (Wildman–Crippen MR) is 90.2 cm³/mol. The molecule has 0 aromatic carbocycles. The summed E-state index contributed by atoms with van der Waals surface area (Å²) in [6.45, 7) is 4.39. The number of ether oxygens (including phenoxy) is 1. The Hall–Kier alpha value is -0.190. The molecule has 2 saturated carbocycles. The van der Waals surface area contributed by atoms with Gasteiger partial charge in [0.25, 0.3) is 0 Å². The van der Waals surface area contributed by atoms with E-state index in [0.29, 0.717) is 24.9 Å². The van der Waals surface area contributed by atoms with Crippen molar-refractivity contribution >= 4 is 0 Å². The van der Waals surface area contributed by atoms with Gasteiger partial charge in [-0.15, -0.1) is 0 Å². The molecule has 0 aromatic heterocycles. The summed E-state index contributed by atoms with van der Waals surface area (Å²) in [5, 5.41) is 10.6. The van der Waals surface area contributed by atoms with Crippen molar-refractivity contribution in [2.75, 3.05) is 26.2 Å². The summed E-state index contributed by atoms with van der Waals surface area (Å²) in [6, 6.07) is 0. The third-order valence-electron chi connectivity index (χ3n) is 6.30. The Labute approximate surface area is 140 Å². The number of nitrogens with zero attached hydrogens (tertiary/aromatic N) is 1. The number of hydrogen-bond acceptors (Lipinski definition) is 3. The topological polar surface area (TPSA) is 32.7 Å². The Morgan fingerprint density at radius 1 is 0.957 bits per heavy atom. The average molecular weight is 327 g/mol. The lowest BCUT2D eigenvalue weighted by Crippen LogP contribution is -2.37. The van der Waals surface area contributed by atoms with Crippen LogP contribution in [0.2, 0.25) is 0 Å². The Morgan fingerprint density at radius 3 is 2.39 bits per heavy atom. The van der Waals surface area contributed by atoms with Gasteiger partial charge in [0.05, 0.1) is 18.8 Å². The summed E-state index contributed by atoms with van der Waals surface area (Å²) in [6.07, 6.45) is 9.51. The van der Waals surface area contributed by atoms with Crippen LogP contribution in [-0.4, -0.2) is 54.6 Å². The first-order chi connectivity index (χ1) is 11.2. The smallest absolute Gasteiger partial charge is 0.100 e. The molecule has 3 fully saturated rings. The Bertz CT molecular complexity index is 340. The van der Waals surface area contributed by atoms with E-state index in [2.05, 4.69) is 4.90 Å². The van der Waals surface area contributed by atoms with Gasteiger partial charge in [-0.25, -0.2) is 4.39 Å². The van der Waals surface area contributed by atoms with E-state index in [1.807, 2.05) is 0 Å². The molecule has 3 atom stereocenters. The van der Waals surface area contributed by atoms with Crippen molar-refractivity contribution in [2.45, 2.75) is 82.6 Å². The number of aliphatic hydroxyl groups excluding tert-OH is 1. The monoisotopic (exact) mass is 327 g/mol. The first-order valence-corrected chi connectivity index (χ1v) is 9.88. The molecular formula is C19H34FNO2. The number of alkyl halides is 1. The summed E-state index contributed by atoms with van der Waals surface area (Å²) in [4.78, 5) is 2.49. The zero-order valence-electron chi connectivity index (χ0n) is 14.5. The molecule has 3 unspecified atom stereocenters. The van der Waals surface area contributed by atoms with Gasteiger partial charge in [-0.05, 0) is 82.7 Å². The molecule has 1 N–H and O–H groups in total. The average Bonchev–Trinajstić information content (AvgIpc) is 3.08. The quantitative estimate of drug-likeness (QED) is 0.810. The zero-order chi connectivity index (χ0) is 16.1. The third-order valence-corrected chi connectivity index (χ3v) is 6.30. The molecule has 0 amide bonds. The Balaban J connectivity index is 1.32. The first-order valence-electron chi connectivity index (χ1n) is 9.88. The summed E-state index contributed by atoms with van der Waals surface area (Å²) < 4.78 is 19.6. The van der Waals surface area contributed by atoms with E-state index >= 15 is 0 Å². The molecule has 0 aromatic rings. The van der Waals surface area contributed by atoms with Crippen molar-refractivity contribution < 1.29 is 14.2 Å². The van der Waals surface area contributed by atoms with E-state index in [0.717, 1.165) is 51.7 Å². The van der Waals surface area contributed by atoms with Crippen LogP contribution in [0.25, 0.3) is 0 Å². The molecule has 0 spiro atoms. The molecule has 3 nitrogen and oxygen atoms in total. The molecule has 1 heterocycles. The minimum Gasteiger partial charge on any atom is -0.393 e. The van der Waals surface area contributed by atoms with Crippen molar-refractivity contribution in [1.29, 1.82) is 0 Å². The van der Waals surface area contributed by atoms with Gasteiger partial charge in [0.2, 0.25) is 0 Å². The SMILES string of the molecule is OC(C1CCC(OCCN2CCCC2)CC1)C1CCCC(F)C1. The molecule has 134 valence electrons. The van der Waals surface area contributed by atoms with Crippen molar-refractivity contribution in [2.24, 2.45) is 11.8 Å². The summed E-state index contributed by atoms with van der Waals surface area (Å²) in [5.74, 6) is 0.556. The van der Waals surface area contributed by atoms with Crippen LogP contribution in [0, 0.1) is 11.8 Å². The second-order valence-corrected chi connectivity index (χ2v) is 7.97. The maximum Gasteiger partial charge on any atom is 0.100 e. The second kappa shape index (κ2) is 8.77. The largest absolute Gasteiger partial charge is 0.393 e. The number of hydrogen-bond donors (Lipinski definition) is 1. The standard InChI is InChI=1S/C19H34FNO2/c20-17-5-3-4-16(14-17)19(22)15-6-8-18(9-7-15)23-13-12-21-10-1-2-11-21/h15-19,22H,1-14H2. The van der Waals surface area contributed by atoms with Gasteiger partial charge < -0.3 is 14.7 Å². The fraction of sp³-hybridized carbons (Fsp3) is 1.00. The zero-order valence-corrected chi connectivity index (χ0v) is 14.5. The molecule has 1 aliphatic heterocycles. The maximum absolute atomic E-state index is 13.6. The lowest BCUT2D eigenvalue weighted by Gasteiger charge is -2.37. The van der Waals surface area contributed by atoms with Crippen LogP contribution in [0.4, 0.5) is 4.39 Å². The highest BCUT2D eigenvalue weighted by Gasteiger charge is 2.34. The molecule has 2 aliphatic carbocycles. The lowest BCUT2D eigenvalue weighted by atomic mass is 9.74. The highest BCUT2D eigenvalue weighted by Crippen LogP contribution is 2.37. The van der Waals surface area contributed by atoms with Crippen molar-refractivity contribution in [3.63, 3.8) is 0 Å². The van der Waals surface area contributed by atoms with Gasteiger partial charge in [0, 0.05) is 6.54 Å². The van der Waals surface area contributed by atoms with Gasteiger partial charge in [-0.1, -0.05) is 6.42 Å². The normalized spacial score (nSPS) is 37.8. The van der Waals surface area contributed by atoms with E-state index in [1.165, 1.54) is 25.9 Å². The van der Waals surface area contributed by atoms with Crippen LogP contribution < -0.4 is 0 Å². The molecule has 3 aliphatic rings. The van der Waals surface area contributed by atoms with Crippen LogP contribution in [0.3, 0.4) is 0 Å². The summed E-state index contributed by atoms with van der Waals surface area (Å²) in [5.41, 5.74) is 0. The second-order valence-electron chi connectivity index (χ2n) is 7.97. The summed E-state index contributed by atoms with van der Waals surface area (Å²) >= 11 is 0. The number of rotatable bonds is 6. The van der Waals surface area contributed by atoms with Gasteiger partial charge in [-0.2, -0.15) is 0 Å². The van der Waals surface area contributed by atoms with Crippen molar-refractivity contribution in [3.05, 3.63) is 0 Å². The minimum absolute atomic E-state index is 0.191. The van der Waals surface area contributed by atoms with Gasteiger partial charge in [-0.3, -0.25) is 0 Å². The Morgan fingerprint density at radius 2 is 1.70 bits per heavy atom. The highest BCUT2D eigenvalue weighted by molar-refractivity contribution is 4.85. The van der Waals surface area contributed by atoms with Crippen LogP contribution in [0.1, 0.15) is 64.2 Å². The van der Waals surface area contributed by atoms with E-state index in [-0.39, 0.29) is 12.0 Å². The van der Waals surface area contributed by atoms with Crippen LogP contribution in [0.5, 0.6) is 0 Å². The van der Waals surface area contributed by atoms with Crippen LogP contribution in [0.15, 0.2) is 0 Å². The molecule has 1 saturated heterocycles. The third kappa shape index (κ3) is 5.14. The van der Waals surface area contributed by atoms with Gasteiger partial charge in [0.1, 0.15) is 6.17 Å². The van der Waals surface area contributed by atoms with E-state index in [9.17, 15) is 9.50 Å². The molecular weight excluding hydrogens is 293 g/mol. The molecule has 3 rings (SSSR count). The van der Waals surface area contributed by atoms with Crippen LogP contribution >= 0.6 is 0 Å². The predicted octanol–water partition coefficient (Wildman–Crippen LogP) is 3.55. The van der Waals surface area contributed by atoms with E-state index < -0.39 is 6.17 Å². The lowest BCUT2D eigenvalue weighted by molar-refractivity contribution is -0.0339. The molecule has 23 heavy (non-hydrogen) atoms. The first kappa shape index (κ1) is 17.6.